The van der Waals surface area contributed by atoms with E-state index in [0.717, 1.165) is 0 Å². The summed E-state index contributed by atoms with van der Waals surface area (Å²) in [6.07, 6.45) is 1.38. The minimum absolute atomic E-state index is 0.147. The summed E-state index contributed by atoms with van der Waals surface area (Å²) in [5, 5.41) is 4.94. The summed E-state index contributed by atoms with van der Waals surface area (Å²) in [6, 6.07) is 10.8. The van der Waals surface area contributed by atoms with Crippen molar-refractivity contribution in [2.45, 2.75) is 0 Å². The maximum Gasteiger partial charge on any atom is 0.350 e. The van der Waals surface area contributed by atoms with Crippen LogP contribution in [0.2, 0.25) is 5.02 Å². The van der Waals surface area contributed by atoms with Gasteiger partial charge in [0.05, 0.1) is 11.7 Å². The molecule has 0 atom stereocenters. The number of benzene rings is 2. The molecule has 4 rings (SSSR count). The molecule has 6 nitrogen and oxygen atoms in total. The largest absolute Gasteiger partial charge is 0.350 e. The van der Waals surface area contributed by atoms with E-state index < -0.39 is 17.1 Å². The summed E-state index contributed by atoms with van der Waals surface area (Å²) in [6.45, 7) is 0. The number of hydrogen-bond donors (Lipinski definition) is 2. The first-order valence-electron chi connectivity index (χ1n) is 7.29. The Labute approximate surface area is 144 Å². The number of hydrogen-bond acceptors (Lipinski definition) is 3. The first-order chi connectivity index (χ1) is 12.0. The van der Waals surface area contributed by atoms with Crippen molar-refractivity contribution < 1.29 is 4.39 Å². The van der Waals surface area contributed by atoms with E-state index in [4.69, 9.17) is 11.6 Å². The SMILES string of the molecule is O=c1[nH]c2c([nH]c3ccc(F)cc32)c(=O)n1N=Cc1ccc(Cl)cc1. The molecule has 0 radical (unpaired) electrons. The van der Waals surface area contributed by atoms with Gasteiger partial charge in [0.15, 0.2) is 0 Å². The van der Waals surface area contributed by atoms with E-state index >= 15 is 0 Å². The molecule has 0 saturated heterocycles. The minimum atomic E-state index is -0.715. The molecular formula is C17H10ClFN4O2. The van der Waals surface area contributed by atoms with Crippen LogP contribution in [-0.4, -0.2) is 20.9 Å². The van der Waals surface area contributed by atoms with E-state index in [1.165, 1.54) is 24.4 Å². The van der Waals surface area contributed by atoms with Crippen LogP contribution in [0.4, 0.5) is 4.39 Å². The minimum Gasteiger partial charge on any atom is -0.349 e. The number of H-pyrrole nitrogens is 2. The summed E-state index contributed by atoms with van der Waals surface area (Å²) in [5.41, 5.74) is 0.280. The third-order valence-electron chi connectivity index (χ3n) is 3.78. The molecule has 25 heavy (non-hydrogen) atoms. The number of nitrogens with one attached hydrogen (secondary N) is 2. The molecule has 2 N–H and O–H groups in total. The van der Waals surface area contributed by atoms with Crippen LogP contribution in [0.25, 0.3) is 21.9 Å². The number of aromatic nitrogens is 3. The van der Waals surface area contributed by atoms with Crippen LogP contribution in [0.5, 0.6) is 0 Å². The van der Waals surface area contributed by atoms with Gasteiger partial charge in [-0.05, 0) is 35.9 Å². The van der Waals surface area contributed by atoms with Gasteiger partial charge >= 0.3 is 11.2 Å². The molecule has 2 aromatic heterocycles. The van der Waals surface area contributed by atoms with Crippen molar-refractivity contribution in [2.24, 2.45) is 5.10 Å². The molecule has 2 heterocycles. The maximum absolute atomic E-state index is 13.4. The Bertz CT molecular complexity index is 1250. The predicted octanol–water partition coefficient (Wildman–Crippen LogP) is 2.85. The van der Waals surface area contributed by atoms with Crippen LogP contribution in [0.3, 0.4) is 0 Å². The Kier molecular flexibility index (Phi) is 3.51. The van der Waals surface area contributed by atoms with Gasteiger partial charge < -0.3 is 9.97 Å². The maximum atomic E-state index is 13.4. The van der Waals surface area contributed by atoms with Crippen LogP contribution in [0, 0.1) is 5.82 Å². The van der Waals surface area contributed by atoms with Crippen molar-refractivity contribution in [2.75, 3.05) is 0 Å². The number of aromatic amines is 2. The van der Waals surface area contributed by atoms with Gasteiger partial charge in [0, 0.05) is 15.9 Å². The zero-order valence-corrected chi connectivity index (χ0v) is 13.3. The summed E-state index contributed by atoms with van der Waals surface area (Å²) < 4.78 is 14.1. The zero-order chi connectivity index (χ0) is 17.6. The van der Waals surface area contributed by atoms with E-state index in [1.54, 1.807) is 24.3 Å². The number of halogens is 2. The van der Waals surface area contributed by atoms with Gasteiger partial charge in [-0.25, -0.2) is 9.18 Å². The van der Waals surface area contributed by atoms with Gasteiger partial charge in [-0.1, -0.05) is 23.7 Å². The highest BCUT2D eigenvalue weighted by Gasteiger charge is 2.13. The Morgan fingerprint density at radius 1 is 1.04 bits per heavy atom. The summed E-state index contributed by atoms with van der Waals surface area (Å²) in [5.74, 6) is -0.459. The highest BCUT2D eigenvalue weighted by atomic mass is 35.5. The van der Waals surface area contributed by atoms with Crippen molar-refractivity contribution in [3.63, 3.8) is 0 Å². The molecule has 8 heteroatoms. The summed E-state index contributed by atoms with van der Waals surface area (Å²) in [4.78, 5) is 30.2. The van der Waals surface area contributed by atoms with Gasteiger partial charge in [0.25, 0.3) is 0 Å². The van der Waals surface area contributed by atoms with E-state index in [1.807, 2.05) is 0 Å². The first-order valence-corrected chi connectivity index (χ1v) is 7.67. The summed E-state index contributed by atoms with van der Waals surface area (Å²) >= 11 is 5.81. The lowest BCUT2D eigenvalue weighted by Gasteiger charge is -1.98. The van der Waals surface area contributed by atoms with Gasteiger partial charge in [-0.3, -0.25) is 4.79 Å². The summed E-state index contributed by atoms with van der Waals surface area (Å²) in [7, 11) is 0. The molecule has 0 aliphatic heterocycles. The second-order valence-electron chi connectivity index (χ2n) is 5.41. The van der Waals surface area contributed by atoms with Crippen molar-refractivity contribution in [3.8, 4) is 0 Å². The molecule has 0 unspecified atom stereocenters. The number of nitrogens with zero attached hydrogens (tertiary/aromatic N) is 2. The smallest absolute Gasteiger partial charge is 0.349 e. The Morgan fingerprint density at radius 3 is 2.56 bits per heavy atom. The molecular weight excluding hydrogens is 347 g/mol. The van der Waals surface area contributed by atoms with Gasteiger partial charge in [0.1, 0.15) is 11.3 Å². The molecule has 0 fully saturated rings. The fourth-order valence-corrected chi connectivity index (χ4v) is 2.72. The van der Waals surface area contributed by atoms with Gasteiger partial charge in [-0.15, -0.1) is 4.68 Å². The van der Waals surface area contributed by atoms with Crippen LogP contribution < -0.4 is 11.2 Å². The molecule has 124 valence electrons. The second kappa shape index (κ2) is 5.71. The molecule has 2 aromatic carbocycles. The molecule has 0 saturated carbocycles. The normalized spacial score (nSPS) is 11.8. The average molecular weight is 357 g/mol. The van der Waals surface area contributed by atoms with E-state index in [0.29, 0.717) is 26.2 Å². The molecule has 0 amide bonds. The topological polar surface area (TPSA) is 83.0 Å². The lowest BCUT2D eigenvalue weighted by Crippen LogP contribution is -2.32. The molecule has 4 aromatic rings. The monoisotopic (exact) mass is 356 g/mol. The fraction of sp³-hybridized carbons (Fsp3) is 0. The quantitative estimate of drug-likeness (QED) is 0.541. The number of rotatable bonds is 2. The van der Waals surface area contributed by atoms with E-state index in [-0.39, 0.29) is 11.0 Å². The van der Waals surface area contributed by atoms with Crippen LogP contribution >= 0.6 is 11.6 Å². The zero-order valence-electron chi connectivity index (χ0n) is 12.6. The van der Waals surface area contributed by atoms with Gasteiger partial charge in [-0.2, -0.15) is 5.10 Å². The molecule has 0 spiro atoms. The van der Waals surface area contributed by atoms with Crippen molar-refractivity contribution in [1.82, 2.24) is 14.6 Å². The lowest BCUT2D eigenvalue weighted by atomic mass is 10.2. The van der Waals surface area contributed by atoms with Crippen LogP contribution in [-0.2, 0) is 0 Å². The van der Waals surface area contributed by atoms with Crippen LogP contribution in [0.15, 0.2) is 57.2 Å². The molecule has 0 bridgehead atoms. The fourth-order valence-electron chi connectivity index (χ4n) is 2.59. The Morgan fingerprint density at radius 2 is 1.80 bits per heavy atom. The van der Waals surface area contributed by atoms with Crippen molar-refractivity contribution >= 4 is 39.8 Å². The van der Waals surface area contributed by atoms with Gasteiger partial charge in [0.2, 0.25) is 0 Å². The third kappa shape index (κ3) is 2.64. The lowest BCUT2D eigenvalue weighted by molar-refractivity contribution is 0.630. The molecule has 0 aliphatic carbocycles. The standard InChI is InChI=1S/C17H10ClFN4O2/c18-10-3-1-9(2-4-10)8-20-23-16(24)15-14(22-17(23)25)12-7-11(19)5-6-13(12)21-15/h1-8,21H,(H,22,25). The predicted molar refractivity (Wildman–Crippen MR) is 95.1 cm³/mol. The third-order valence-corrected chi connectivity index (χ3v) is 4.04. The molecule has 0 aliphatic rings. The average Bonchev–Trinajstić information content (AvgIpc) is 2.94. The highest BCUT2D eigenvalue weighted by Crippen LogP contribution is 2.21. The number of fused-ring (bicyclic) bond motifs is 3. The Balaban J connectivity index is 1.90. The van der Waals surface area contributed by atoms with Crippen molar-refractivity contribution in [1.29, 1.82) is 0 Å². The highest BCUT2D eigenvalue weighted by molar-refractivity contribution is 6.30. The second-order valence-corrected chi connectivity index (χ2v) is 5.84. The van der Waals surface area contributed by atoms with Crippen molar-refractivity contribution in [3.05, 3.63) is 79.7 Å². The van der Waals surface area contributed by atoms with Crippen LogP contribution in [0.1, 0.15) is 5.56 Å². The first kappa shape index (κ1) is 15.3. The van der Waals surface area contributed by atoms with E-state index in [2.05, 4.69) is 15.1 Å². The van der Waals surface area contributed by atoms with E-state index in [9.17, 15) is 14.0 Å². The Hall–Kier alpha value is -3.19.